The zero-order valence-electron chi connectivity index (χ0n) is 13.1. The maximum atomic E-state index is 5.33. The smallest absolute Gasteiger partial charge is 0.202 e. The van der Waals surface area contributed by atoms with Gasteiger partial charge < -0.3 is 14.6 Å². The number of imidazole rings is 1. The molecule has 110 valence electrons. The predicted octanol–water partition coefficient (Wildman–Crippen LogP) is 3.40. The van der Waals surface area contributed by atoms with Gasteiger partial charge in [-0.1, -0.05) is 27.7 Å². The van der Waals surface area contributed by atoms with Gasteiger partial charge in [-0.15, -0.1) is 0 Å². The van der Waals surface area contributed by atoms with Crippen molar-refractivity contribution in [1.29, 1.82) is 0 Å². The Hall–Kier alpha value is -1.03. The van der Waals surface area contributed by atoms with Crippen LogP contribution in [0.3, 0.4) is 0 Å². The zero-order valence-corrected chi connectivity index (χ0v) is 13.1. The van der Waals surface area contributed by atoms with Crippen LogP contribution in [0.4, 0.5) is 5.95 Å². The molecule has 4 nitrogen and oxygen atoms in total. The molecule has 4 heteroatoms. The van der Waals surface area contributed by atoms with Crippen LogP contribution in [0.1, 0.15) is 41.0 Å². The second-order valence-electron chi connectivity index (χ2n) is 6.15. The average Bonchev–Trinajstić information content (AvgIpc) is 2.75. The molecule has 0 bridgehead atoms. The summed E-state index contributed by atoms with van der Waals surface area (Å²) in [6, 6.07) is 0. The monoisotopic (exact) mass is 267 g/mol. The first kappa shape index (κ1) is 16.0. The lowest BCUT2D eigenvalue weighted by Crippen LogP contribution is -2.23. The van der Waals surface area contributed by atoms with Crippen LogP contribution in [0.25, 0.3) is 0 Å². The summed E-state index contributed by atoms with van der Waals surface area (Å²) in [7, 11) is 0. The second kappa shape index (κ2) is 7.53. The molecule has 1 N–H and O–H groups in total. The van der Waals surface area contributed by atoms with E-state index >= 15 is 0 Å². The highest BCUT2D eigenvalue weighted by Gasteiger charge is 2.20. The lowest BCUT2D eigenvalue weighted by Gasteiger charge is -2.28. The Morgan fingerprint density at radius 1 is 1.42 bits per heavy atom. The van der Waals surface area contributed by atoms with Gasteiger partial charge in [0, 0.05) is 38.7 Å². The normalized spacial score (nSPS) is 13.5. The molecule has 0 fully saturated rings. The quantitative estimate of drug-likeness (QED) is 0.734. The lowest BCUT2D eigenvalue weighted by molar-refractivity contribution is 0.147. The third-order valence-electron chi connectivity index (χ3n) is 3.62. The first-order chi connectivity index (χ1) is 8.95. The minimum Gasteiger partial charge on any atom is -0.382 e. The van der Waals surface area contributed by atoms with E-state index in [0.717, 1.165) is 38.7 Å². The standard InChI is InChI=1S/C15H29N3O/c1-6-19-11-7-8-16-14-17-9-10-18(14)12-13(2)15(3,4)5/h9-10,13H,6-8,11-12H2,1-5H3,(H,16,17). The van der Waals surface area contributed by atoms with Gasteiger partial charge in [-0.2, -0.15) is 0 Å². The maximum Gasteiger partial charge on any atom is 0.202 e. The molecule has 0 aliphatic heterocycles. The SMILES string of the molecule is CCOCCCNc1nccn1CC(C)C(C)(C)C. The average molecular weight is 267 g/mol. The third kappa shape index (κ3) is 5.64. The van der Waals surface area contributed by atoms with Crippen molar-refractivity contribution in [3.63, 3.8) is 0 Å². The van der Waals surface area contributed by atoms with E-state index in [1.54, 1.807) is 0 Å². The molecule has 1 heterocycles. The number of nitrogens with one attached hydrogen (secondary N) is 1. The van der Waals surface area contributed by atoms with E-state index in [0.29, 0.717) is 11.3 Å². The molecule has 0 aliphatic carbocycles. The van der Waals surface area contributed by atoms with Crippen molar-refractivity contribution >= 4 is 5.95 Å². The van der Waals surface area contributed by atoms with Crippen LogP contribution in [0.2, 0.25) is 0 Å². The minimum absolute atomic E-state index is 0.316. The Kier molecular flexibility index (Phi) is 6.35. The third-order valence-corrected chi connectivity index (χ3v) is 3.62. The molecule has 0 saturated heterocycles. The van der Waals surface area contributed by atoms with Crippen molar-refractivity contribution in [3.05, 3.63) is 12.4 Å². The largest absolute Gasteiger partial charge is 0.382 e. The summed E-state index contributed by atoms with van der Waals surface area (Å²) < 4.78 is 7.53. The van der Waals surface area contributed by atoms with Crippen LogP contribution in [-0.4, -0.2) is 29.3 Å². The fraction of sp³-hybridized carbons (Fsp3) is 0.800. The van der Waals surface area contributed by atoms with Gasteiger partial charge in [-0.3, -0.25) is 0 Å². The van der Waals surface area contributed by atoms with E-state index in [1.165, 1.54) is 0 Å². The number of hydrogen-bond donors (Lipinski definition) is 1. The Bertz CT molecular complexity index is 355. The van der Waals surface area contributed by atoms with E-state index < -0.39 is 0 Å². The molecule has 1 rings (SSSR count). The van der Waals surface area contributed by atoms with Gasteiger partial charge in [0.1, 0.15) is 0 Å². The molecule has 0 spiro atoms. The summed E-state index contributed by atoms with van der Waals surface area (Å²) in [5, 5.41) is 3.38. The lowest BCUT2D eigenvalue weighted by atomic mass is 9.82. The molecular weight excluding hydrogens is 238 g/mol. The Morgan fingerprint density at radius 3 is 2.79 bits per heavy atom. The zero-order chi connectivity index (χ0) is 14.3. The molecular formula is C15H29N3O. The first-order valence-electron chi connectivity index (χ1n) is 7.28. The van der Waals surface area contributed by atoms with Gasteiger partial charge in [0.25, 0.3) is 0 Å². The maximum absolute atomic E-state index is 5.33. The minimum atomic E-state index is 0.316. The number of hydrogen-bond acceptors (Lipinski definition) is 3. The Morgan fingerprint density at radius 2 is 2.16 bits per heavy atom. The molecule has 0 saturated carbocycles. The van der Waals surface area contributed by atoms with Gasteiger partial charge in [0.2, 0.25) is 5.95 Å². The summed E-state index contributed by atoms with van der Waals surface area (Å²) in [6.07, 6.45) is 4.92. The van der Waals surface area contributed by atoms with Gasteiger partial charge in [0.15, 0.2) is 0 Å². The van der Waals surface area contributed by atoms with Crippen LogP contribution in [0.5, 0.6) is 0 Å². The number of aromatic nitrogens is 2. The molecule has 0 aromatic carbocycles. The van der Waals surface area contributed by atoms with Crippen LogP contribution < -0.4 is 5.32 Å². The van der Waals surface area contributed by atoms with Crippen LogP contribution in [-0.2, 0) is 11.3 Å². The molecule has 1 unspecified atom stereocenters. The summed E-state index contributed by atoms with van der Waals surface area (Å²) in [5.74, 6) is 1.57. The molecule has 1 aromatic heterocycles. The molecule has 19 heavy (non-hydrogen) atoms. The highest BCUT2D eigenvalue weighted by Crippen LogP contribution is 2.27. The molecule has 0 amide bonds. The van der Waals surface area contributed by atoms with Crippen molar-refractivity contribution in [1.82, 2.24) is 9.55 Å². The van der Waals surface area contributed by atoms with E-state index in [9.17, 15) is 0 Å². The van der Waals surface area contributed by atoms with Gasteiger partial charge in [-0.05, 0) is 24.7 Å². The number of ether oxygens (including phenoxy) is 1. The summed E-state index contributed by atoms with van der Waals surface area (Å²) in [6.45, 7) is 14.7. The van der Waals surface area contributed by atoms with E-state index in [4.69, 9.17) is 4.74 Å². The van der Waals surface area contributed by atoms with Gasteiger partial charge >= 0.3 is 0 Å². The number of nitrogens with zero attached hydrogens (tertiary/aromatic N) is 2. The first-order valence-corrected chi connectivity index (χ1v) is 7.28. The second-order valence-corrected chi connectivity index (χ2v) is 6.15. The highest BCUT2D eigenvalue weighted by atomic mass is 16.5. The van der Waals surface area contributed by atoms with Crippen molar-refractivity contribution < 1.29 is 4.74 Å². The predicted molar refractivity (Wildman–Crippen MR) is 80.4 cm³/mol. The van der Waals surface area contributed by atoms with Crippen molar-refractivity contribution in [2.24, 2.45) is 11.3 Å². The van der Waals surface area contributed by atoms with Crippen LogP contribution >= 0.6 is 0 Å². The van der Waals surface area contributed by atoms with Crippen molar-refractivity contribution in [3.8, 4) is 0 Å². The van der Waals surface area contributed by atoms with Gasteiger partial charge in [0.05, 0.1) is 0 Å². The van der Waals surface area contributed by atoms with Crippen molar-refractivity contribution in [2.75, 3.05) is 25.1 Å². The molecule has 0 radical (unpaired) electrons. The van der Waals surface area contributed by atoms with Crippen LogP contribution in [0.15, 0.2) is 12.4 Å². The van der Waals surface area contributed by atoms with Crippen molar-refractivity contribution in [2.45, 2.75) is 47.6 Å². The molecule has 1 atom stereocenters. The van der Waals surface area contributed by atoms with E-state index in [1.807, 2.05) is 19.3 Å². The van der Waals surface area contributed by atoms with E-state index in [2.05, 4.69) is 42.6 Å². The summed E-state index contributed by atoms with van der Waals surface area (Å²) >= 11 is 0. The van der Waals surface area contributed by atoms with Gasteiger partial charge in [-0.25, -0.2) is 4.98 Å². The molecule has 1 aromatic rings. The summed E-state index contributed by atoms with van der Waals surface area (Å²) in [4.78, 5) is 4.38. The fourth-order valence-electron chi connectivity index (χ4n) is 1.71. The summed E-state index contributed by atoms with van der Waals surface area (Å²) in [5.41, 5.74) is 0.316. The topological polar surface area (TPSA) is 39.1 Å². The van der Waals surface area contributed by atoms with E-state index in [-0.39, 0.29) is 0 Å². The highest BCUT2D eigenvalue weighted by molar-refractivity contribution is 5.25. The van der Waals surface area contributed by atoms with Crippen LogP contribution in [0, 0.1) is 11.3 Å². The fourth-order valence-corrected chi connectivity index (χ4v) is 1.71. The number of rotatable bonds is 8. The number of anilines is 1. The Labute approximate surface area is 117 Å². The Balaban J connectivity index is 2.42. The molecule has 0 aliphatic rings.